The van der Waals surface area contributed by atoms with E-state index < -0.39 is 0 Å². The third kappa shape index (κ3) is 2.18. The van der Waals surface area contributed by atoms with Crippen LogP contribution in [0.3, 0.4) is 0 Å². The second-order valence-electron chi connectivity index (χ2n) is 4.51. The molecule has 0 radical (unpaired) electrons. The fourth-order valence-electron chi connectivity index (χ4n) is 2.09. The monoisotopic (exact) mass is 270 g/mol. The summed E-state index contributed by atoms with van der Waals surface area (Å²) < 4.78 is 3.24. The van der Waals surface area contributed by atoms with Gasteiger partial charge >= 0.3 is 0 Å². The highest BCUT2D eigenvalue weighted by molar-refractivity contribution is 5.76. The van der Waals surface area contributed by atoms with Gasteiger partial charge < -0.3 is 0 Å². The minimum Gasteiger partial charge on any atom is -0.291 e. The molecule has 0 saturated heterocycles. The summed E-state index contributed by atoms with van der Waals surface area (Å²) in [6.07, 6.45) is 2.47. The molecule has 3 rings (SSSR count). The lowest BCUT2D eigenvalue weighted by molar-refractivity contribution is 0.540. The molecule has 0 amide bonds. The van der Waals surface area contributed by atoms with Crippen LogP contribution in [-0.4, -0.2) is 29.8 Å². The Bertz CT molecular complexity index is 791. The summed E-state index contributed by atoms with van der Waals surface area (Å²) in [5.41, 5.74) is 0.614. The van der Waals surface area contributed by atoms with E-state index in [1.165, 1.54) is 10.9 Å². The summed E-state index contributed by atoms with van der Waals surface area (Å²) >= 11 is 0. The number of aryl methyl sites for hydroxylation is 1. The molecule has 0 N–H and O–H groups in total. The van der Waals surface area contributed by atoms with Crippen LogP contribution in [0.2, 0.25) is 0 Å². The topological polar surface area (TPSA) is 78.5 Å². The lowest BCUT2D eigenvalue weighted by Gasteiger charge is -2.06. The molecule has 0 aliphatic rings. The SMILES string of the molecule is CCCn1nnnc1Cn1cnc2ccccc2c1=O. The second-order valence-corrected chi connectivity index (χ2v) is 4.51. The third-order valence-corrected chi connectivity index (χ3v) is 3.08. The standard InChI is InChI=1S/C13H14N6O/c1-2-7-19-12(15-16-17-19)8-18-9-14-11-6-4-3-5-10(11)13(18)20/h3-6,9H,2,7-8H2,1H3. The van der Waals surface area contributed by atoms with E-state index in [1.54, 1.807) is 10.7 Å². The summed E-state index contributed by atoms with van der Waals surface area (Å²) in [6, 6.07) is 7.29. The van der Waals surface area contributed by atoms with Crippen molar-refractivity contribution < 1.29 is 0 Å². The van der Waals surface area contributed by atoms with E-state index >= 15 is 0 Å². The van der Waals surface area contributed by atoms with Crippen molar-refractivity contribution in [1.29, 1.82) is 0 Å². The van der Waals surface area contributed by atoms with E-state index in [9.17, 15) is 4.79 Å². The van der Waals surface area contributed by atoms with Crippen molar-refractivity contribution in [2.24, 2.45) is 0 Å². The molecule has 0 aliphatic carbocycles. The van der Waals surface area contributed by atoms with Gasteiger partial charge in [-0.25, -0.2) is 9.67 Å². The van der Waals surface area contributed by atoms with Crippen LogP contribution in [0.15, 0.2) is 35.4 Å². The van der Waals surface area contributed by atoms with E-state index in [4.69, 9.17) is 0 Å². The van der Waals surface area contributed by atoms with Crippen molar-refractivity contribution in [2.45, 2.75) is 26.4 Å². The maximum Gasteiger partial charge on any atom is 0.261 e. The van der Waals surface area contributed by atoms with Gasteiger partial charge in [-0.1, -0.05) is 19.1 Å². The Morgan fingerprint density at radius 3 is 2.95 bits per heavy atom. The zero-order valence-electron chi connectivity index (χ0n) is 11.1. The number of hydrogen-bond acceptors (Lipinski definition) is 5. The molecule has 102 valence electrons. The first-order chi connectivity index (χ1) is 9.79. The molecule has 0 fully saturated rings. The van der Waals surface area contributed by atoms with E-state index in [-0.39, 0.29) is 5.56 Å². The van der Waals surface area contributed by atoms with Crippen molar-refractivity contribution in [2.75, 3.05) is 0 Å². The Hall–Kier alpha value is -2.57. The molecule has 1 aromatic carbocycles. The van der Waals surface area contributed by atoms with Crippen molar-refractivity contribution in [3.05, 3.63) is 46.8 Å². The fraction of sp³-hybridized carbons (Fsp3) is 0.308. The van der Waals surface area contributed by atoms with Gasteiger partial charge in [0.15, 0.2) is 5.82 Å². The van der Waals surface area contributed by atoms with Crippen molar-refractivity contribution >= 4 is 10.9 Å². The zero-order valence-corrected chi connectivity index (χ0v) is 11.1. The maximum absolute atomic E-state index is 12.4. The van der Waals surface area contributed by atoms with Crippen LogP contribution in [0.1, 0.15) is 19.2 Å². The van der Waals surface area contributed by atoms with Gasteiger partial charge in [-0.2, -0.15) is 0 Å². The van der Waals surface area contributed by atoms with Gasteiger partial charge in [-0.15, -0.1) is 5.10 Å². The lowest BCUT2D eigenvalue weighted by Crippen LogP contribution is -2.23. The first-order valence-corrected chi connectivity index (χ1v) is 6.49. The van der Waals surface area contributed by atoms with Gasteiger partial charge in [0, 0.05) is 6.54 Å². The number of tetrazole rings is 1. The van der Waals surface area contributed by atoms with Crippen molar-refractivity contribution in [3.63, 3.8) is 0 Å². The minimum atomic E-state index is -0.0818. The van der Waals surface area contributed by atoms with Crippen LogP contribution in [0, 0.1) is 0 Å². The molecule has 0 aliphatic heterocycles. The quantitative estimate of drug-likeness (QED) is 0.702. The summed E-state index contributed by atoms with van der Waals surface area (Å²) in [7, 11) is 0. The molecule has 3 aromatic rings. The number of aromatic nitrogens is 6. The van der Waals surface area contributed by atoms with Gasteiger partial charge in [-0.05, 0) is 29.0 Å². The molecule has 0 spiro atoms. The normalized spacial score (nSPS) is 11.1. The predicted molar refractivity (Wildman–Crippen MR) is 73.2 cm³/mol. The Labute approximate surface area is 114 Å². The largest absolute Gasteiger partial charge is 0.291 e. The smallest absolute Gasteiger partial charge is 0.261 e. The van der Waals surface area contributed by atoms with Crippen molar-refractivity contribution in [1.82, 2.24) is 29.8 Å². The second kappa shape index (κ2) is 5.20. The number of nitrogens with zero attached hydrogens (tertiary/aromatic N) is 6. The van der Waals surface area contributed by atoms with E-state index in [1.807, 2.05) is 18.2 Å². The molecule has 7 heteroatoms. The van der Waals surface area contributed by atoms with Crippen LogP contribution >= 0.6 is 0 Å². The predicted octanol–water partition coefficient (Wildman–Crippen LogP) is 0.841. The van der Waals surface area contributed by atoms with Crippen LogP contribution in [0.5, 0.6) is 0 Å². The van der Waals surface area contributed by atoms with Gasteiger partial charge in [0.1, 0.15) is 0 Å². The molecule has 0 bridgehead atoms. The molecule has 0 unspecified atom stereocenters. The highest BCUT2D eigenvalue weighted by atomic mass is 16.1. The van der Waals surface area contributed by atoms with Gasteiger partial charge in [0.25, 0.3) is 5.56 Å². The highest BCUT2D eigenvalue weighted by Crippen LogP contribution is 2.05. The number of hydrogen-bond donors (Lipinski definition) is 0. The molecular formula is C13H14N6O. The van der Waals surface area contributed by atoms with Crippen LogP contribution < -0.4 is 5.56 Å². The molecule has 0 atom stereocenters. The fourth-order valence-corrected chi connectivity index (χ4v) is 2.09. The molecule has 2 aromatic heterocycles. The summed E-state index contributed by atoms with van der Waals surface area (Å²) in [5.74, 6) is 0.658. The Morgan fingerprint density at radius 1 is 1.25 bits per heavy atom. The summed E-state index contributed by atoms with van der Waals surface area (Å²) in [6.45, 7) is 3.11. The molecule has 7 nitrogen and oxygen atoms in total. The maximum atomic E-state index is 12.4. The highest BCUT2D eigenvalue weighted by Gasteiger charge is 2.09. The van der Waals surface area contributed by atoms with E-state index in [2.05, 4.69) is 27.4 Å². The molecular weight excluding hydrogens is 256 g/mol. The van der Waals surface area contributed by atoms with E-state index in [0.717, 1.165) is 13.0 Å². The Balaban J connectivity index is 2.01. The first kappa shape index (κ1) is 12.5. The van der Waals surface area contributed by atoms with Crippen LogP contribution in [0.25, 0.3) is 10.9 Å². The van der Waals surface area contributed by atoms with Crippen LogP contribution in [-0.2, 0) is 13.1 Å². The van der Waals surface area contributed by atoms with Gasteiger partial charge in [0.2, 0.25) is 0 Å². The molecule has 20 heavy (non-hydrogen) atoms. The molecule has 0 saturated carbocycles. The zero-order chi connectivity index (χ0) is 13.9. The Morgan fingerprint density at radius 2 is 2.10 bits per heavy atom. The average Bonchev–Trinajstić information content (AvgIpc) is 2.90. The number of rotatable bonds is 4. The van der Waals surface area contributed by atoms with Gasteiger partial charge in [-0.3, -0.25) is 9.36 Å². The lowest BCUT2D eigenvalue weighted by atomic mass is 10.2. The number of para-hydroxylation sites is 1. The minimum absolute atomic E-state index is 0.0818. The van der Waals surface area contributed by atoms with Gasteiger partial charge in [0.05, 0.1) is 23.8 Å². The summed E-state index contributed by atoms with van der Waals surface area (Å²) in [5, 5.41) is 12.1. The molecule has 2 heterocycles. The average molecular weight is 270 g/mol. The van der Waals surface area contributed by atoms with E-state index in [0.29, 0.717) is 23.3 Å². The summed E-state index contributed by atoms with van der Waals surface area (Å²) in [4.78, 5) is 16.7. The Kier molecular flexibility index (Phi) is 3.24. The number of benzene rings is 1. The number of fused-ring (bicyclic) bond motifs is 1. The van der Waals surface area contributed by atoms with Crippen LogP contribution in [0.4, 0.5) is 0 Å². The van der Waals surface area contributed by atoms with Crippen molar-refractivity contribution in [3.8, 4) is 0 Å². The third-order valence-electron chi connectivity index (χ3n) is 3.08. The first-order valence-electron chi connectivity index (χ1n) is 6.49.